The van der Waals surface area contributed by atoms with Gasteiger partial charge in [-0.2, -0.15) is 0 Å². The van der Waals surface area contributed by atoms with Gasteiger partial charge in [0.1, 0.15) is 11.5 Å². The van der Waals surface area contributed by atoms with Gasteiger partial charge in [-0.25, -0.2) is 0 Å². The number of nitrogens with one attached hydrogen (secondary N) is 1. The summed E-state index contributed by atoms with van der Waals surface area (Å²) in [6, 6.07) is 17.3. The lowest BCUT2D eigenvalue weighted by molar-refractivity contribution is -0.127. The molecule has 2 aromatic rings. The second kappa shape index (κ2) is 8.22. The van der Waals surface area contributed by atoms with Crippen molar-refractivity contribution in [3.63, 3.8) is 0 Å². The van der Waals surface area contributed by atoms with Crippen LogP contribution in [0.2, 0.25) is 0 Å². The molecule has 2 rings (SSSR count). The molecule has 122 valence electrons. The molecule has 1 amide bonds. The lowest BCUT2D eigenvalue weighted by Crippen LogP contribution is -2.38. The zero-order valence-corrected chi connectivity index (χ0v) is 13.8. The largest absolute Gasteiger partial charge is 0.497 e. The number of amides is 1. The molecule has 0 fully saturated rings. The Morgan fingerprint density at radius 1 is 1.00 bits per heavy atom. The zero-order chi connectivity index (χ0) is 16.7. The number of hydrogen-bond donors (Lipinski definition) is 1. The number of carbonyl (C=O) groups excluding carboxylic acids is 1. The second-order valence-electron chi connectivity index (χ2n) is 5.49. The standard InChI is InChI=1S/C19H23NO3/c1-14(16-7-5-4-6-8-16)13-20-19(21)15(2)23-18-11-9-17(22-3)10-12-18/h4-12,14-15H,13H2,1-3H3,(H,20,21)/t14-,15+/m1/s1. The topological polar surface area (TPSA) is 47.6 Å². The number of benzene rings is 2. The minimum atomic E-state index is -0.550. The maximum absolute atomic E-state index is 12.1. The summed E-state index contributed by atoms with van der Waals surface area (Å²) in [5.74, 6) is 1.53. The van der Waals surface area contributed by atoms with Crippen LogP contribution in [0.3, 0.4) is 0 Å². The highest BCUT2D eigenvalue weighted by atomic mass is 16.5. The predicted molar refractivity (Wildman–Crippen MR) is 91.0 cm³/mol. The number of hydrogen-bond acceptors (Lipinski definition) is 3. The van der Waals surface area contributed by atoms with Crippen molar-refractivity contribution >= 4 is 5.91 Å². The van der Waals surface area contributed by atoms with Crippen molar-refractivity contribution in [3.8, 4) is 11.5 Å². The van der Waals surface area contributed by atoms with Gasteiger partial charge in [0, 0.05) is 6.54 Å². The van der Waals surface area contributed by atoms with Crippen LogP contribution in [0.1, 0.15) is 25.3 Å². The quantitative estimate of drug-likeness (QED) is 0.852. The van der Waals surface area contributed by atoms with Gasteiger partial charge in [-0.3, -0.25) is 4.79 Å². The zero-order valence-electron chi connectivity index (χ0n) is 13.8. The maximum Gasteiger partial charge on any atom is 0.260 e. The molecule has 2 atom stereocenters. The van der Waals surface area contributed by atoms with Crippen LogP contribution in [0.4, 0.5) is 0 Å². The molecule has 0 radical (unpaired) electrons. The highest BCUT2D eigenvalue weighted by molar-refractivity contribution is 5.80. The van der Waals surface area contributed by atoms with E-state index in [1.807, 2.05) is 18.2 Å². The van der Waals surface area contributed by atoms with Gasteiger partial charge in [-0.15, -0.1) is 0 Å². The maximum atomic E-state index is 12.1. The van der Waals surface area contributed by atoms with Crippen LogP contribution < -0.4 is 14.8 Å². The first-order valence-corrected chi connectivity index (χ1v) is 7.73. The highest BCUT2D eigenvalue weighted by Gasteiger charge is 2.15. The molecule has 0 heterocycles. The monoisotopic (exact) mass is 313 g/mol. The number of carbonyl (C=O) groups is 1. The Morgan fingerprint density at radius 3 is 2.22 bits per heavy atom. The molecule has 0 saturated carbocycles. The van der Waals surface area contributed by atoms with Crippen molar-refractivity contribution in [3.05, 3.63) is 60.2 Å². The van der Waals surface area contributed by atoms with Gasteiger partial charge < -0.3 is 14.8 Å². The average molecular weight is 313 g/mol. The summed E-state index contributed by atoms with van der Waals surface area (Å²) in [5, 5.41) is 2.93. The fourth-order valence-electron chi connectivity index (χ4n) is 2.21. The van der Waals surface area contributed by atoms with E-state index in [0.29, 0.717) is 12.3 Å². The summed E-state index contributed by atoms with van der Waals surface area (Å²) in [6.45, 7) is 4.41. The Bertz CT molecular complexity index is 610. The van der Waals surface area contributed by atoms with Crippen LogP contribution in [0, 0.1) is 0 Å². The summed E-state index contributed by atoms with van der Waals surface area (Å²) in [7, 11) is 1.61. The van der Waals surface area contributed by atoms with Crippen LogP contribution >= 0.6 is 0 Å². The molecule has 23 heavy (non-hydrogen) atoms. The van der Waals surface area contributed by atoms with Crippen LogP contribution in [0.25, 0.3) is 0 Å². The average Bonchev–Trinajstić information content (AvgIpc) is 2.60. The fourth-order valence-corrected chi connectivity index (χ4v) is 2.21. The molecule has 0 aromatic heterocycles. The first-order valence-electron chi connectivity index (χ1n) is 7.73. The molecular weight excluding hydrogens is 290 g/mol. The molecule has 1 N–H and O–H groups in total. The van der Waals surface area contributed by atoms with E-state index < -0.39 is 6.10 Å². The first-order chi connectivity index (χ1) is 11.1. The minimum Gasteiger partial charge on any atom is -0.497 e. The Morgan fingerprint density at radius 2 is 1.61 bits per heavy atom. The first kappa shape index (κ1) is 16.9. The van der Waals surface area contributed by atoms with E-state index in [1.165, 1.54) is 5.56 Å². The number of ether oxygens (including phenoxy) is 2. The van der Waals surface area contributed by atoms with Crippen LogP contribution in [-0.2, 0) is 4.79 Å². The molecule has 0 aliphatic rings. The molecule has 0 saturated heterocycles. The Balaban J connectivity index is 1.82. The SMILES string of the molecule is COc1ccc(O[C@@H](C)C(=O)NC[C@@H](C)c2ccccc2)cc1. The van der Waals surface area contributed by atoms with Gasteiger partial charge in [-0.05, 0) is 42.7 Å². The van der Waals surface area contributed by atoms with Crippen LogP contribution in [0.15, 0.2) is 54.6 Å². The predicted octanol–water partition coefficient (Wildman–Crippen LogP) is 3.38. The van der Waals surface area contributed by atoms with Gasteiger partial charge in [-0.1, -0.05) is 37.3 Å². The van der Waals surface area contributed by atoms with Crippen molar-refractivity contribution in [1.29, 1.82) is 0 Å². The van der Waals surface area contributed by atoms with Gasteiger partial charge in [0.25, 0.3) is 5.91 Å². The smallest absolute Gasteiger partial charge is 0.260 e. The molecule has 0 spiro atoms. The second-order valence-corrected chi connectivity index (χ2v) is 5.49. The third-order valence-corrected chi connectivity index (χ3v) is 3.69. The lowest BCUT2D eigenvalue weighted by Gasteiger charge is -2.17. The summed E-state index contributed by atoms with van der Waals surface area (Å²) >= 11 is 0. The molecule has 2 aromatic carbocycles. The van der Waals surface area contributed by atoms with Crippen LogP contribution in [-0.4, -0.2) is 25.7 Å². The summed E-state index contributed by atoms with van der Waals surface area (Å²) < 4.78 is 10.7. The number of rotatable bonds is 7. The molecule has 0 aliphatic heterocycles. The molecule has 0 unspecified atom stereocenters. The minimum absolute atomic E-state index is 0.122. The van der Waals surface area contributed by atoms with Crippen molar-refractivity contribution in [2.75, 3.05) is 13.7 Å². The molecular formula is C19H23NO3. The van der Waals surface area contributed by atoms with E-state index in [-0.39, 0.29) is 11.8 Å². The summed E-state index contributed by atoms with van der Waals surface area (Å²) in [4.78, 5) is 12.1. The third-order valence-electron chi connectivity index (χ3n) is 3.69. The van der Waals surface area contributed by atoms with Gasteiger partial charge in [0.2, 0.25) is 0 Å². The van der Waals surface area contributed by atoms with E-state index in [1.54, 1.807) is 38.3 Å². The normalized spacial score (nSPS) is 13.0. The number of methoxy groups -OCH3 is 1. The van der Waals surface area contributed by atoms with E-state index in [4.69, 9.17) is 9.47 Å². The third kappa shape index (κ3) is 5.02. The molecule has 0 bridgehead atoms. The molecule has 4 nitrogen and oxygen atoms in total. The lowest BCUT2D eigenvalue weighted by atomic mass is 10.0. The van der Waals surface area contributed by atoms with Crippen molar-refractivity contribution < 1.29 is 14.3 Å². The molecule has 4 heteroatoms. The van der Waals surface area contributed by atoms with E-state index in [9.17, 15) is 4.79 Å². The Labute approximate surface area is 137 Å². The van der Waals surface area contributed by atoms with Crippen molar-refractivity contribution in [1.82, 2.24) is 5.32 Å². The van der Waals surface area contributed by atoms with E-state index in [0.717, 1.165) is 5.75 Å². The summed E-state index contributed by atoms with van der Waals surface area (Å²) in [6.07, 6.45) is -0.550. The van der Waals surface area contributed by atoms with Gasteiger partial charge in [0.05, 0.1) is 7.11 Å². The van der Waals surface area contributed by atoms with Crippen molar-refractivity contribution in [2.45, 2.75) is 25.9 Å². The van der Waals surface area contributed by atoms with Gasteiger partial charge in [0.15, 0.2) is 6.10 Å². The summed E-state index contributed by atoms with van der Waals surface area (Å²) in [5.41, 5.74) is 1.21. The Hall–Kier alpha value is -2.49. The van der Waals surface area contributed by atoms with Gasteiger partial charge >= 0.3 is 0 Å². The Kier molecular flexibility index (Phi) is 6.03. The molecule has 0 aliphatic carbocycles. The van der Waals surface area contributed by atoms with E-state index in [2.05, 4.69) is 24.4 Å². The highest BCUT2D eigenvalue weighted by Crippen LogP contribution is 2.18. The van der Waals surface area contributed by atoms with Crippen LogP contribution in [0.5, 0.6) is 11.5 Å². The van der Waals surface area contributed by atoms with E-state index >= 15 is 0 Å². The fraction of sp³-hybridized carbons (Fsp3) is 0.316. The van der Waals surface area contributed by atoms with Crippen molar-refractivity contribution in [2.24, 2.45) is 0 Å².